The van der Waals surface area contributed by atoms with Crippen molar-refractivity contribution in [1.29, 1.82) is 0 Å². The summed E-state index contributed by atoms with van der Waals surface area (Å²) in [6.45, 7) is 4.21. The summed E-state index contributed by atoms with van der Waals surface area (Å²) in [5.41, 5.74) is 5.96. The van der Waals surface area contributed by atoms with E-state index in [9.17, 15) is 0 Å². The summed E-state index contributed by atoms with van der Waals surface area (Å²) in [4.78, 5) is 11.1. The number of aromatic nitrogens is 6. The maximum Gasteiger partial charge on any atom is 0.154 e. The Morgan fingerprint density at radius 3 is 1.70 bits per heavy atom. The number of halogens is 3. The van der Waals surface area contributed by atoms with Crippen LogP contribution in [0.4, 0.5) is 5.82 Å². The van der Waals surface area contributed by atoms with E-state index in [4.69, 9.17) is 34.8 Å². The topological polar surface area (TPSA) is 72.4 Å². The van der Waals surface area contributed by atoms with E-state index in [0.29, 0.717) is 5.15 Å². The third-order valence-corrected chi connectivity index (χ3v) is 10.5. The molecule has 0 fully saturated rings. The maximum atomic E-state index is 6.13. The van der Waals surface area contributed by atoms with Gasteiger partial charge in [-0.3, -0.25) is 0 Å². The van der Waals surface area contributed by atoms with Gasteiger partial charge in [0.2, 0.25) is 0 Å². The lowest BCUT2D eigenvalue weighted by molar-refractivity contribution is 0.944. The molecule has 0 aliphatic heterocycles. The molecule has 6 heterocycles. The minimum Gasteiger partial charge on any atom is -0.372 e. The molecule has 0 spiro atoms. The minimum atomic E-state index is 0.448. The lowest BCUT2D eigenvalue weighted by Crippen LogP contribution is -1.99. The van der Waals surface area contributed by atoms with Crippen LogP contribution in [-0.2, 0) is 0 Å². The van der Waals surface area contributed by atoms with Gasteiger partial charge < -0.3 is 5.32 Å². The summed E-state index contributed by atoms with van der Waals surface area (Å²) >= 11 is 21.7. The van der Waals surface area contributed by atoms with Crippen LogP contribution in [0, 0.1) is 13.8 Å². The van der Waals surface area contributed by atoms with E-state index < -0.39 is 0 Å². The van der Waals surface area contributed by atoms with E-state index in [1.54, 1.807) is 33.3 Å². The van der Waals surface area contributed by atoms with Gasteiger partial charge in [0.15, 0.2) is 11.3 Å². The zero-order valence-corrected chi connectivity index (χ0v) is 27.0. The first-order chi connectivity index (χ1) is 20.8. The van der Waals surface area contributed by atoms with Crippen molar-refractivity contribution < 1.29 is 0 Å². The number of aryl methyl sites for hydroxylation is 2. The molecule has 214 valence electrons. The van der Waals surface area contributed by atoms with Gasteiger partial charge in [-0.05, 0) is 96.4 Å². The molecule has 0 atom stereocenters. The van der Waals surface area contributed by atoms with Crippen LogP contribution in [-0.4, -0.2) is 36.2 Å². The summed E-state index contributed by atoms with van der Waals surface area (Å²) in [5.74, 6) is 0.813. The smallest absolute Gasteiger partial charge is 0.154 e. The highest BCUT2D eigenvalue weighted by atomic mass is 35.5. The van der Waals surface area contributed by atoms with Gasteiger partial charge in [0, 0.05) is 26.5 Å². The van der Waals surface area contributed by atoms with E-state index in [-0.39, 0.29) is 0 Å². The second-order valence-electron chi connectivity index (χ2n) is 9.84. The Kier molecular flexibility index (Phi) is 7.23. The van der Waals surface area contributed by atoms with Crippen LogP contribution in [0.25, 0.3) is 52.6 Å². The van der Waals surface area contributed by atoms with Crippen molar-refractivity contribution in [3.05, 3.63) is 99.4 Å². The molecule has 0 saturated carbocycles. The molecule has 0 amide bonds. The van der Waals surface area contributed by atoms with Gasteiger partial charge >= 0.3 is 0 Å². The zero-order chi connectivity index (χ0) is 29.8. The zero-order valence-electron chi connectivity index (χ0n) is 23.1. The standard InChI is InChI=1S/C16H13ClN4S.C15H9Cl2N3S/c1-9-11-7-10(17)3-4-13(11)22-16(9)12-8-19-15-6-5-14(18-2)20-21(12)15;1-8-10-6-9(16)2-3-12(10)21-15(8)11-7-18-14-5-4-13(17)19-20(11)14/h3-8H,1-2H3,(H,18,20);2-7H,1H3. The van der Waals surface area contributed by atoms with Gasteiger partial charge in [0.05, 0.1) is 22.1 Å². The Labute approximate surface area is 269 Å². The van der Waals surface area contributed by atoms with Gasteiger partial charge in [0.1, 0.15) is 22.4 Å². The highest BCUT2D eigenvalue weighted by Crippen LogP contribution is 2.40. The lowest BCUT2D eigenvalue weighted by atomic mass is 10.1. The Bertz CT molecular complexity index is 2320. The second kappa shape index (κ2) is 11.1. The highest BCUT2D eigenvalue weighted by molar-refractivity contribution is 7.22. The number of benzene rings is 2. The van der Waals surface area contributed by atoms with Crippen LogP contribution in [0.1, 0.15) is 11.1 Å². The number of nitrogens with one attached hydrogen (secondary N) is 1. The van der Waals surface area contributed by atoms with Crippen molar-refractivity contribution >= 4 is 94.8 Å². The Balaban J connectivity index is 0.000000140. The van der Waals surface area contributed by atoms with Crippen LogP contribution < -0.4 is 5.32 Å². The van der Waals surface area contributed by atoms with Crippen molar-refractivity contribution in [2.24, 2.45) is 0 Å². The van der Waals surface area contributed by atoms with Crippen molar-refractivity contribution in [2.75, 3.05) is 12.4 Å². The number of thiophene rings is 2. The SMILES string of the molecule is CNc1ccc2ncc(-c3sc4ccc(Cl)cc4c3C)n2n1.Cc1c(-c2cnc3ccc(Cl)nn23)sc2ccc(Cl)cc12. The summed E-state index contributed by atoms with van der Waals surface area (Å²) in [6, 6.07) is 19.4. The summed E-state index contributed by atoms with van der Waals surface area (Å²) in [6.07, 6.45) is 3.71. The number of nitrogens with zero attached hydrogens (tertiary/aromatic N) is 6. The number of hydrogen-bond donors (Lipinski definition) is 1. The predicted octanol–water partition coefficient (Wildman–Crippen LogP) is 9.84. The molecule has 0 radical (unpaired) electrons. The van der Waals surface area contributed by atoms with Gasteiger partial charge in [-0.25, -0.2) is 19.0 Å². The Morgan fingerprint density at radius 1 is 0.651 bits per heavy atom. The lowest BCUT2D eigenvalue weighted by Gasteiger charge is -2.03. The Morgan fingerprint density at radius 2 is 1.16 bits per heavy atom. The van der Waals surface area contributed by atoms with Gasteiger partial charge in [-0.15, -0.1) is 27.8 Å². The van der Waals surface area contributed by atoms with Gasteiger partial charge in [0.25, 0.3) is 0 Å². The predicted molar refractivity (Wildman–Crippen MR) is 182 cm³/mol. The molecule has 8 rings (SSSR count). The van der Waals surface area contributed by atoms with Crippen molar-refractivity contribution in [1.82, 2.24) is 29.2 Å². The van der Waals surface area contributed by atoms with E-state index in [1.165, 1.54) is 36.2 Å². The number of rotatable bonds is 3. The van der Waals surface area contributed by atoms with Crippen LogP contribution in [0.5, 0.6) is 0 Å². The van der Waals surface area contributed by atoms with Gasteiger partial charge in [-0.2, -0.15) is 5.10 Å². The van der Waals surface area contributed by atoms with E-state index in [2.05, 4.69) is 45.4 Å². The molecule has 0 unspecified atom stereocenters. The first-order valence-corrected chi connectivity index (χ1v) is 16.0. The molecule has 1 N–H and O–H groups in total. The normalized spacial score (nSPS) is 11.5. The van der Waals surface area contributed by atoms with E-state index in [1.807, 2.05) is 72.5 Å². The molecule has 0 aliphatic rings. The number of anilines is 1. The summed E-state index contributed by atoms with van der Waals surface area (Å²) in [5, 5.41) is 16.3. The van der Waals surface area contributed by atoms with Crippen LogP contribution >= 0.6 is 57.5 Å². The van der Waals surface area contributed by atoms with E-state index in [0.717, 1.165) is 43.4 Å². The molecule has 12 heteroatoms. The maximum absolute atomic E-state index is 6.13. The largest absolute Gasteiger partial charge is 0.372 e. The highest BCUT2D eigenvalue weighted by Gasteiger charge is 2.17. The molecule has 6 aromatic heterocycles. The molecule has 0 aliphatic carbocycles. The third kappa shape index (κ3) is 5.01. The molecule has 2 aromatic carbocycles. The first-order valence-electron chi connectivity index (χ1n) is 13.2. The molecular formula is C31H22Cl3N7S2. The molecule has 8 aromatic rings. The fourth-order valence-electron chi connectivity index (χ4n) is 5.04. The Hall–Kier alpha value is -3.73. The number of hydrogen-bond acceptors (Lipinski definition) is 7. The van der Waals surface area contributed by atoms with Crippen molar-refractivity contribution in [2.45, 2.75) is 13.8 Å². The van der Waals surface area contributed by atoms with Crippen LogP contribution in [0.15, 0.2) is 73.1 Å². The minimum absolute atomic E-state index is 0.448. The second-order valence-corrected chi connectivity index (χ2v) is 13.2. The average molecular weight is 663 g/mol. The third-order valence-electron chi connectivity index (χ3n) is 7.21. The molecular weight excluding hydrogens is 641 g/mol. The number of imidazole rings is 2. The fourth-order valence-corrected chi connectivity index (χ4v) is 7.89. The molecule has 0 bridgehead atoms. The van der Waals surface area contributed by atoms with Crippen LogP contribution in [0.3, 0.4) is 0 Å². The monoisotopic (exact) mass is 661 g/mol. The average Bonchev–Trinajstić information content (AvgIpc) is 3.77. The fraction of sp³-hybridized carbons (Fsp3) is 0.0968. The molecule has 43 heavy (non-hydrogen) atoms. The van der Waals surface area contributed by atoms with Crippen molar-refractivity contribution in [3.63, 3.8) is 0 Å². The van der Waals surface area contributed by atoms with Crippen LogP contribution in [0.2, 0.25) is 15.2 Å². The van der Waals surface area contributed by atoms with Gasteiger partial charge in [-0.1, -0.05) is 34.8 Å². The summed E-state index contributed by atoms with van der Waals surface area (Å²) in [7, 11) is 1.86. The number of fused-ring (bicyclic) bond motifs is 4. The first kappa shape index (κ1) is 28.1. The quantitative estimate of drug-likeness (QED) is 0.204. The summed E-state index contributed by atoms with van der Waals surface area (Å²) < 4.78 is 6.08. The molecule has 0 saturated heterocycles. The molecule has 7 nitrogen and oxygen atoms in total. The van der Waals surface area contributed by atoms with Crippen molar-refractivity contribution in [3.8, 4) is 21.1 Å². The van der Waals surface area contributed by atoms with E-state index >= 15 is 0 Å².